The van der Waals surface area contributed by atoms with Crippen LogP contribution in [-0.2, 0) is 4.79 Å². The quantitative estimate of drug-likeness (QED) is 0.673. The van der Waals surface area contributed by atoms with Crippen molar-refractivity contribution >= 4 is 11.9 Å². The van der Waals surface area contributed by atoms with Crippen LogP contribution in [0.2, 0.25) is 0 Å². The highest BCUT2D eigenvalue weighted by atomic mass is 16.1. The van der Waals surface area contributed by atoms with Crippen LogP contribution < -0.4 is 10.6 Å². The van der Waals surface area contributed by atoms with Gasteiger partial charge in [-0.15, -0.1) is 0 Å². The van der Waals surface area contributed by atoms with E-state index in [4.69, 9.17) is 0 Å². The Labute approximate surface area is 127 Å². The predicted octanol–water partition coefficient (Wildman–Crippen LogP) is 1.35. The van der Waals surface area contributed by atoms with E-state index in [9.17, 15) is 4.79 Å². The number of rotatable bonds is 9. The molecule has 1 aromatic rings. The lowest BCUT2D eigenvalue weighted by molar-refractivity contribution is -0.121. The summed E-state index contributed by atoms with van der Waals surface area (Å²) in [5.41, 5.74) is 1.90. The maximum absolute atomic E-state index is 11.6. The topological polar surface area (TPSA) is 70.2 Å². The number of carbonyl (C=O) groups is 1. The Morgan fingerprint density at radius 1 is 1.14 bits per heavy atom. The lowest BCUT2D eigenvalue weighted by atomic mass is 10.3. The highest BCUT2D eigenvalue weighted by Crippen LogP contribution is 2.03. The number of hydrogen-bond donors (Lipinski definition) is 2. The van der Waals surface area contributed by atoms with Crippen molar-refractivity contribution in [1.82, 2.24) is 20.2 Å². The van der Waals surface area contributed by atoms with Crippen molar-refractivity contribution in [2.24, 2.45) is 0 Å². The average Bonchev–Trinajstić information content (AvgIpc) is 2.38. The molecule has 0 bridgehead atoms. The third kappa shape index (κ3) is 8.24. The van der Waals surface area contributed by atoms with Gasteiger partial charge < -0.3 is 15.5 Å². The van der Waals surface area contributed by atoms with Gasteiger partial charge in [0.05, 0.1) is 0 Å². The zero-order valence-electron chi connectivity index (χ0n) is 13.6. The molecule has 6 nitrogen and oxygen atoms in total. The van der Waals surface area contributed by atoms with E-state index >= 15 is 0 Å². The summed E-state index contributed by atoms with van der Waals surface area (Å²) in [6, 6.07) is 1.94. The first-order valence-corrected chi connectivity index (χ1v) is 7.45. The van der Waals surface area contributed by atoms with E-state index in [1.165, 1.54) is 0 Å². The molecule has 0 saturated carbocycles. The fraction of sp³-hybridized carbons (Fsp3) is 0.667. The first-order chi connectivity index (χ1) is 9.97. The summed E-state index contributed by atoms with van der Waals surface area (Å²) in [6.45, 7) is 6.33. The summed E-state index contributed by atoms with van der Waals surface area (Å²) < 4.78 is 0. The second-order valence-electron chi connectivity index (χ2n) is 5.51. The Bertz CT molecular complexity index is 427. The van der Waals surface area contributed by atoms with Gasteiger partial charge in [-0.1, -0.05) is 0 Å². The maximum Gasteiger partial charge on any atom is 0.223 e. The number of anilines is 1. The van der Waals surface area contributed by atoms with E-state index < -0.39 is 0 Å². The van der Waals surface area contributed by atoms with Crippen molar-refractivity contribution in [2.45, 2.75) is 33.1 Å². The molecule has 2 N–H and O–H groups in total. The van der Waals surface area contributed by atoms with Gasteiger partial charge in [-0.2, -0.15) is 0 Å². The number of aryl methyl sites for hydroxylation is 2. The summed E-state index contributed by atoms with van der Waals surface area (Å²) in [7, 11) is 4.06. The summed E-state index contributed by atoms with van der Waals surface area (Å²) in [5, 5.41) is 6.09. The molecule has 1 amide bonds. The lowest BCUT2D eigenvalue weighted by Crippen LogP contribution is -2.27. The first-order valence-electron chi connectivity index (χ1n) is 7.45. The third-order valence-electron chi connectivity index (χ3n) is 2.95. The van der Waals surface area contributed by atoms with Gasteiger partial charge in [0, 0.05) is 30.9 Å². The second-order valence-corrected chi connectivity index (χ2v) is 5.51. The number of hydrogen-bond acceptors (Lipinski definition) is 5. The van der Waals surface area contributed by atoms with Gasteiger partial charge in [0.2, 0.25) is 11.9 Å². The highest BCUT2D eigenvalue weighted by Gasteiger charge is 2.02. The molecular weight excluding hydrogens is 266 g/mol. The molecule has 1 aromatic heterocycles. The Balaban J connectivity index is 2.11. The van der Waals surface area contributed by atoms with E-state index in [2.05, 4.69) is 25.5 Å². The smallest absolute Gasteiger partial charge is 0.223 e. The number of nitrogens with zero attached hydrogens (tertiary/aromatic N) is 3. The Hall–Kier alpha value is -1.69. The number of carbonyl (C=O) groups excluding carboxylic acids is 1. The fourth-order valence-electron chi connectivity index (χ4n) is 1.97. The van der Waals surface area contributed by atoms with E-state index in [0.717, 1.165) is 37.3 Å². The minimum Gasteiger partial charge on any atom is -0.356 e. The zero-order chi connectivity index (χ0) is 15.7. The third-order valence-corrected chi connectivity index (χ3v) is 2.95. The van der Waals surface area contributed by atoms with Crippen LogP contribution in [0.15, 0.2) is 6.07 Å². The molecule has 0 fully saturated rings. The van der Waals surface area contributed by atoms with Crippen LogP contribution in [0.4, 0.5) is 5.95 Å². The monoisotopic (exact) mass is 293 g/mol. The Morgan fingerprint density at radius 2 is 1.81 bits per heavy atom. The van der Waals surface area contributed by atoms with Crippen molar-refractivity contribution in [3.05, 3.63) is 17.5 Å². The summed E-state index contributed by atoms with van der Waals surface area (Å²) >= 11 is 0. The van der Waals surface area contributed by atoms with E-state index in [-0.39, 0.29) is 5.91 Å². The van der Waals surface area contributed by atoms with Crippen molar-refractivity contribution in [3.63, 3.8) is 0 Å². The summed E-state index contributed by atoms with van der Waals surface area (Å²) in [4.78, 5) is 22.3. The average molecular weight is 293 g/mol. The van der Waals surface area contributed by atoms with Gasteiger partial charge in [-0.25, -0.2) is 9.97 Å². The molecule has 1 rings (SSSR count). The van der Waals surface area contributed by atoms with Crippen LogP contribution in [0.25, 0.3) is 0 Å². The summed E-state index contributed by atoms with van der Waals surface area (Å²) in [5.74, 6) is 0.746. The van der Waals surface area contributed by atoms with Gasteiger partial charge in [0.15, 0.2) is 0 Å². The molecule has 6 heteroatoms. The van der Waals surface area contributed by atoms with Gasteiger partial charge in [-0.05, 0) is 53.4 Å². The van der Waals surface area contributed by atoms with E-state index in [1.807, 2.05) is 34.0 Å². The normalized spacial score (nSPS) is 10.7. The molecule has 0 aliphatic heterocycles. The Kier molecular flexibility index (Phi) is 7.68. The lowest BCUT2D eigenvalue weighted by Gasteiger charge is -2.10. The van der Waals surface area contributed by atoms with Gasteiger partial charge >= 0.3 is 0 Å². The molecule has 0 aliphatic carbocycles. The molecule has 1 heterocycles. The van der Waals surface area contributed by atoms with Gasteiger partial charge in [0.1, 0.15) is 0 Å². The minimum atomic E-state index is 0.108. The first kappa shape index (κ1) is 17.4. The molecular formula is C15H27N5O. The van der Waals surface area contributed by atoms with Crippen LogP contribution in [0.3, 0.4) is 0 Å². The largest absolute Gasteiger partial charge is 0.356 e. The van der Waals surface area contributed by atoms with Crippen LogP contribution in [0.1, 0.15) is 30.7 Å². The van der Waals surface area contributed by atoms with Crippen LogP contribution in [-0.4, -0.2) is 54.5 Å². The standard InChI is InChI=1S/C15H27N5O/c1-12-11-13(2)19-15(18-12)17-8-5-7-14(21)16-9-6-10-20(3)4/h11H,5-10H2,1-4H3,(H,16,21)(H,17,18,19). The van der Waals surface area contributed by atoms with Gasteiger partial charge in [0.25, 0.3) is 0 Å². The Morgan fingerprint density at radius 3 is 2.43 bits per heavy atom. The molecule has 0 radical (unpaired) electrons. The predicted molar refractivity (Wildman–Crippen MR) is 85.4 cm³/mol. The minimum absolute atomic E-state index is 0.108. The van der Waals surface area contributed by atoms with Crippen molar-refractivity contribution < 1.29 is 4.79 Å². The SMILES string of the molecule is Cc1cc(C)nc(NCCCC(=O)NCCCN(C)C)n1. The van der Waals surface area contributed by atoms with Gasteiger partial charge in [-0.3, -0.25) is 4.79 Å². The molecule has 0 saturated heterocycles. The summed E-state index contributed by atoms with van der Waals surface area (Å²) in [6.07, 6.45) is 2.28. The van der Waals surface area contributed by atoms with E-state index in [0.29, 0.717) is 18.9 Å². The van der Waals surface area contributed by atoms with Crippen LogP contribution in [0.5, 0.6) is 0 Å². The second kappa shape index (κ2) is 9.28. The highest BCUT2D eigenvalue weighted by molar-refractivity contribution is 5.75. The zero-order valence-corrected chi connectivity index (χ0v) is 13.6. The van der Waals surface area contributed by atoms with E-state index in [1.54, 1.807) is 0 Å². The molecule has 21 heavy (non-hydrogen) atoms. The molecule has 118 valence electrons. The van der Waals surface area contributed by atoms with Crippen LogP contribution >= 0.6 is 0 Å². The van der Waals surface area contributed by atoms with Crippen molar-refractivity contribution in [1.29, 1.82) is 0 Å². The molecule has 0 aliphatic rings. The fourth-order valence-corrected chi connectivity index (χ4v) is 1.97. The molecule has 0 aromatic carbocycles. The number of nitrogens with one attached hydrogen (secondary N) is 2. The van der Waals surface area contributed by atoms with Crippen molar-refractivity contribution in [2.75, 3.05) is 39.0 Å². The molecule has 0 spiro atoms. The number of amides is 1. The van der Waals surface area contributed by atoms with Crippen LogP contribution in [0, 0.1) is 13.8 Å². The molecule has 0 unspecified atom stereocenters. The number of aromatic nitrogens is 2. The van der Waals surface area contributed by atoms with Crippen molar-refractivity contribution in [3.8, 4) is 0 Å². The molecule has 0 atom stereocenters. The maximum atomic E-state index is 11.6.